The van der Waals surface area contributed by atoms with Crippen molar-refractivity contribution in [2.24, 2.45) is 5.92 Å². The fourth-order valence-corrected chi connectivity index (χ4v) is 1.36. The highest BCUT2D eigenvalue weighted by molar-refractivity contribution is 5.77. The summed E-state index contributed by atoms with van der Waals surface area (Å²) < 4.78 is 5.20. The SMILES string of the molecule is N#CCC(=O)NCCC1CCOC1. The van der Waals surface area contributed by atoms with Crippen LogP contribution in [0.5, 0.6) is 0 Å². The summed E-state index contributed by atoms with van der Waals surface area (Å²) in [6.45, 7) is 2.32. The molecule has 1 atom stereocenters. The first kappa shape index (κ1) is 10.0. The molecule has 0 radical (unpaired) electrons. The summed E-state index contributed by atoms with van der Waals surface area (Å²) in [7, 11) is 0. The maximum Gasteiger partial charge on any atom is 0.234 e. The van der Waals surface area contributed by atoms with Gasteiger partial charge in [-0.15, -0.1) is 0 Å². The first-order valence-electron chi connectivity index (χ1n) is 4.54. The van der Waals surface area contributed by atoms with E-state index in [0.29, 0.717) is 12.5 Å². The van der Waals surface area contributed by atoms with Crippen molar-refractivity contribution >= 4 is 5.91 Å². The molecule has 1 unspecified atom stereocenters. The lowest BCUT2D eigenvalue weighted by Crippen LogP contribution is -2.25. The van der Waals surface area contributed by atoms with E-state index in [1.165, 1.54) is 0 Å². The summed E-state index contributed by atoms with van der Waals surface area (Å²) in [5.41, 5.74) is 0. The van der Waals surface area contributed by atoms with Gasteiger partial charge in [-0.3, -0.25) is 4.79 Å². The number of nitrogens with zero attached hydrogens (tertiary/aromatic N) is 1. The molecule has 1 amide bonds. The molecular weight excluding hydrogens is 168 g/mol. The second kappa shape index (κ2) is 5.55. The van der Waals surface area contributed by atoms with Crippen molar-refractivity contribution in [3.63, 3.8) is 0 Å². The summed E-state index contributed by atoms with van der Waals surface area (Å²) in [6, 6.07) is 1.81. The van der Waals surface area contributed by atoms with E-state index in [1.54, 1.807) is 0 Å². The lowest BCUT2D eigenvalue weighted by molar-refractivity contribution is -0.120. The smallest absolute Gasteiger partial charge is 0.234 e. The van der Waals surface area contributed by atoms with Gasteiger partial charge in [0.2, 0.25) is 5.91 Å². The van der Waals surface area contributed by atoms with E-state index < -0.39 is 0 Å². The van der Waals surface area contributed by atoms with Gasteiger partial charge in [0.25, 0.3) is 0 Å². The van der Waals surface area contributed by atoms with Crippen molar-refractivity contribution in [1.29, 1.82) is 5.26 Å². The Hall–Kier alpha value is -1.08. The zero-order valence-corrected chi connectivity index (χ0v) is 7.58. The third-order valence-electron chi connectivity index (χ3n) is 2.14. The van der Waals surface area contributed by atoms with Crippen LogP contribution in [0.15, 0.2) is 0 Å². The highest BCUT2D eigenvalue weighted by Gasteiger charge is 2.14. The quantitative estimate of drug-likeness (QED) is 0.686. The second-order valence-electron chi connectivity index (χ2n) is 3.20. The van der Waals surface area contributed by atoms with Gasteiger partial charge < -0.3 is 10.1 Å². The standard InChI is InChI=1S/C9H14N2O2/c10-4-1-9(12)11-5-2-8-3-6-13-7-8/h8H,1-3,5-7H2,(H,11,12). The lowest BCUT2D eigenvalue weighted by atomic mass is 10.1. The van der Waals surface area contributed by atoms with Crippen LogP contribution in [0.3, 0.4) is 0 Å². The Kier molecular flexibility index (Phi) is 4.27. The number of carbonyl (C=O) groups excluding carboxylic acids is 1. The topological polar surface area (TPSA) is 62.1 Å². The molecule has 0 saturated carbocycles. The molecule has 1 aliphatic rings. The molecule has 1 N–H and O–H groups in total. The number of hydrogen-bond acceptors (Lipinski definition) is 3. The van der Waals surface area contributed by atoms with Crippen LogP contribution in [0.2, 0.25) is 0 Å². The zero-order chi connectivity index (χ0) is 9.52. The van der Waals surface area contributed by atoms with Crippen molar-refractivity contribution in [3.05, 3.63) is 0 Å². The van der Waals surface area contributed by atoms with Gasteiger partial charge in [-0.2, -0.15) is 5.26 Å². The number of hydrogen-bond donors (Lipinski definition) is 1. The van der Waals surface area contributed by atoms with E-state index in [1.807, 2.05) is 6.07 Å². The minimum atomic E-state index is -0.179. The van der Waals surface area contributed by atoms with Gasteiger partial charge in [0.15, 0.2) is 0 Å². The van der Waals surface area contributed by atoms with Gasteiger partial charge in [0.05, 0.1) is 6.07 Å². The maximum atomic E-state index is 10.9. The molecule has 0 aromatic rings. The Morgan fingerprint density at radius 2 is 2.54 bits per heavy atom. The van der Waals surface area contributed by atoms with Crippen LogP contribution in [0, 0.1) is 17.2 Å². The average Bonchev–Trinajstić information content (AvgIpc) is 2.57. The van der Waals surface area contributed by atoms with Gasteiger partial charge in [0, 0.05) is 19.8 Å². The molecule has 4 nitrogen and oxygen atoms in total. The Morgan fingerprint density at radius 3 is 3.15 bits per heavy atom. The number of nitriles is 1. The predicted molar refractivity (Wildman–Crippen MR) is 46.8 cm³/mol. The molecule has 1 heterocycles. The summed E-state index contributed by atoms with van der Waals surface area (Å²) in [6.07, 6.45) is 2.01. The average molecular weight is 182 g/mol. The molecule has 4 heteroatoms. The molecule has 13 heavy (non-hydrogen) atoms. The number of ether oxygens (including phenoxy) is 1. The van der Waals surface area contributed by atoms with Crippen molar-refractivity contribution in [1.82, 2.24) is 5.32 Å². The van der Waals surface area contributed by atoms with E-state index in [2.05, 4.69) is 5.32 Å². The Morgan fingerprint density at radius 1 is 1.69 bits per heavy atom. The minimum Gasteiger partial charge on any atom is -0.381 e. The molecule has 72 valence electrons. The van der Waals surface area contributed by atoms with Gasteiger partial charge in [-0.1, -0.05) is 0 Å². The Bertz CT molecular complexity index is 204. The van der Waals surface area contributed by atoms with Gasteiger partial charge in [0.1, 0.15) is 6.42 Å². The van der Waals surface area contributed by atoms with E-state index in [4.69, 9.17) is 10.00 Å². The Labute approximate surface area is 77.9 Å². The van der Waals surface area contributed by atoms with Crippen LogP contribution >= 0.6 is 0 Å². The highest BCUT2D eigenvalue weighted by atomic mass is 16.5. The fraction of sp³-hybridized carbons (Fsp3) is 0.778. The first-order chi connectivity index (χ1) is 6.33. The van der Waals surface area contributed by atoms with Crippen LogP contribution in [-0.2, 0) is 9.53 Å². The molecule has 0 bridgehead atoms. The second-order valence-corrected chi connectivity index (χ2v) is 3.20. The predicted octanol–water partition coefficient (Wildman–Crippen LogP) is 0.443. The molecule has 1 fully saturated rings. The number of nitrogens with one attached hydrogen (secondary N) is 1. The largest absolute Gasteiger partial charge is 0.381 e. The van der Waals surface area contributed by atoms with E-state index in [0.717, 1.165) is 26.1 Å². The third kappa shape index (κ3) is 3.90. The number of carbonyl (C=O) groups is 1. The maximum absolute atomic E-state index is 10.9. The lowest BCUT2D eigenvalue weighted by Gasteiger charge is -2.07. The molecule has 0 aliphatic carbocycles. The molecular formula is C9H14N2O2. The minimum absolute atomic E-state index is 0.0405. The van der Waals surface area contributed by atoms with Gasteiger partial charge in [-0.05, 0) is 18.8 Å². The van der Waals surface area contributed by atoms with Crippen LogP contribution in [-0.4, -0.2) is 25.7 Å². The monoisotopic (exact) mass is 182 g/mol. The summed E-state index contributed by atoms with van der Waals surface area (Å²) >= 11 is 0. The van der Waals surface area contributed by atoms with Crippen molar-refractivity contribution in [3.8, 4) is 6.07 Å². The molecule has 0 aromatic carbocycles. The molecule has 0 aromatic heterocycles. The van der Waals surface area contributed by atoms with E-state index in [9.17, 15) is 4.79 Å². The van der Waals surface area contributed by atoms with Crippen LogP contribution in [0.1, 0.15) is 19.3 Å². The molecule has 1 rings (SSSR count). The number of amides is 1. The Balaban J connectivity index is 2.00. The highest BCUT2D eigenvalue weighted by Crippen LogP contribution is 2.14. The number of rotatable bonds is 4. The van der Waals surface area contributed by atoms with Gasteiger partial charge >= 0.3 is 0 Å². The summed E-state index contributed by atoms with van der Waals surface area (Å²) in [4.78, 5) is 10.9. The first-order valence-corrected chi connectivity index (χ1v) is 4.54. The van der Waals surface area contributed by atoms with Gasteiger partial charge in [-0.25, -0.2) is 0 Å². The van der Waals surface area contributed by atoms with E-state index in [-0.39, 0.29) is 12.3 Å². The zero-order valence-electron chi connectivity index (χ0n) is 7.58. The molecule has 1 saturated heterocycles. The summed E-state index contributed by atoms with van der Waals surface area (Å²) in [5.74, 6) is 0.406. The molecule has 1 aliphatic heterocycles. The summed E-state index contributed by atoms with van der Waals surface area (Å²) in [5, 5.41) is 10.9. The van der Waals surface area contributed by atoms with Crippen molar-refractivity contribution < 1.29 is 9.53 Å². The molecule has 0 spiro atoms. The normalized spacial score (nSPS) is 21.0. The van der Waals surface area contributed by atoms with Crippen LogP contribution in [0.4, 0.5) is 0 Å². The van der Waals surface area contributed by atoms with E-state index >= 15 is 0 Å². The van der Waals surface area contributed by atoms with Crippen LogP contribution in [0.25, 0.3) is 0 Å². The van der Waals surface area contributed by atoms with Crippen molar-refractivity contribution in [2.45, 2.75) is 19.3 Å². The fourth-order valence-electron chi connectivity index (χ4n) is 1.36. The van der Waals surface area contributed by atoms with Crippen molar-refractivity contribution in [2.75, 3.05) is 19.8 Å². The third-order valence-corrected chi connectivity index (χ3v) is 2.14. The van der Waals surface area contributed by atoms with Crippen LogP contribution < -0.4 is 5.32 Å².